The highest BCUT2D eigenvalue weighted by Gasteiger charge is 2.12. The number of rotatable bonds is 2. The summed E-state index contributed by atoms with van der Waals surface area (Å²) in [7, 11) is 0. The Hall–Kier alpha value is -2.26. The van der Waals surface area contributed by atoms with Crippen LogP contribution in [0.1, 0.15) is 16.8 Å². The number of nitrogens with zero attached hydrogens (tertiary/aromatic N) is 1. The number of phenols is 1. The number of hydrogen-bond donors (Lipinski definition) is 2. The molecule has 0 aliphatic carbocycles. The largest absolute Gasteiger partial charge is 0.508 e. The molecule has 2 aromatic carbocycles. The lowest BCUT2D eigenvalue weighted by Crippen LogP contribution is -2.17. The molecule has 0 saturated carbocycles. The van der Waals surface area contributed by atoms with Gasteiger partial charge in [-0.1, -0.05) is 30.3 Å². The Labute approximate surface area is 130 Å². The first-order valence-electron chi connectivity index (χ1n) is 7.90. The van der Waals surface area contributed by atoms with Crippen LogP contribution in [-0.4, -0.2) is 22.8 Å². The molecule has 2 N–H and O–H groups in total. The smallest absolute Gasteiger partial charge is 0.119 e. The summed E-state index contributed by atoms with van der Waals surface area (Å²) in [4.78, 5) is 0. The molecule has 0 unspecified atom stereocenters. The summed E-state index contributed by atoms with van der Waals surface area (Å²) in [6, 6.07) is 16.5. The highest BCUT2D eigenvalue weighted by molar-refractivity contribution is 5.82. The Bertz CT molecular complexity index is 819. The average Bonchev–Trinajstić information content (AvgIpc) is 2.71. The zero-order chi connectivity index (χ0) is 14.9. The molecule has 0 atom stereocenters. The summed E-state index contributed by atoms with van der Waals surface area (Å²) in [6.45, 7) is 3.11. The van der Waals surface area contributed by atoms with Crippen molar-refractivity contribution >= 4 is 10.9 Å². The van der Waals surface area contributed by atoms with Gasteiger partial charge in [0.05, 0.1) is 0 Å². The summed E-state index contributed by atoms with van der Waals surface area (Å²) in [5.74, 6) is 0.376. The van der Waals surface area contributed by atoms with E-state index in [-0.39, 0.29) is 0 Å². The van der Waals surface area contributed by atoms with E-state index < -0.39 is 0 Å². The lowest BCUT2D eigenvalue weighted by Gasteiger charge is -2.08. The van der Waals surface area contributed by atoms with Crippen LogP contribution in [0.25, 0.3) is 10.9 Å². The molecule has 0 spiro atoms. The van der Waals surface area contributed by atoms with E-state index in [1.54, 1.807) is 6.07 Å². The molecule has 0 radical (unpaired) electrons. The van der Waals surface area contributed by atoms with Gasteiger partial charge in [-0.2, -0.15) is 0 Å². The van der Waals surface area contributed by atoms with Gasteiger partial charge in [0.2, 0.25) is 0 Å². The van der Waals surface area contributed by atoms with E-state index in [0.717, 1.165) is 38.0 Å². The number of fused-ring (bicyclic) bond motifs is 3. The molecule has 3 nitrogen and oxygen atoms in total. The maximum atomic E-state index is 9.96. The summed E-state index contributed by atoms with van der Waals surface area (Å²) >= 11 is 0. The fourth-order valence-electron chi connectivity index (χ4n) is 3.35. The molecule has 0 fully saturated rings. The van der Waals surface area contributed by atoms with E-state index in [4.69, 9.17) is 0 Å². The Morgan fingerprint density at radius 3 is 2.86 bits per heavy atom. The molecule has 0 amide bonds. The Kier molecular flexibility index (Phi) is 3.35. The normalized spacial score (nSPS) is 14.7. The zero-order valence-corrected chi connectivity index (χ0v) is 12.5. The first-order chi connectivity index (χ1) is 10.8. The lowest BCUT2D eigenvalue weighted by atomic mass is 10.0. The molecule has 3 aromatic rings. The van der Waals surface area contributed by atoms with Crippen molar-refractivity contribution in [2.75, 3.05) is 13.1 Å². The van der Waals surface area contributed by atoms with Crippen LogP contribution < -0.4 is 5.32 Å². The molecule has 1 aliphatic rings. The fourth-order valence-corrected chi connectivity index (χ4v) is 3.35. The standard InChI is InChI=1S/C19H20N2O/c22-19-4-2-1-3-16(19)11-14-5-6-15-13-17-7-8-20-9-10-21(17)18(15)12-14/h1-6,12-13,20,22H,7-11H2. The third-order valence-corrected chi connectivity index (χ3v) is 4.51. The summed E-state index contributed by atoms with van der Waals surface area (Å²) < 4.78 is 2.43. The van der Waals surface area contributed by atoms with Crippen LogP contribution in [0.4, 0.5) is 0 Å². The van der Waals surface area contributed by atoms with Gasteiger partial charge in [0, 0.05) is 43.7 Å². The SMILES string of the molecule is Oc1ccccc1Cc1ccc2cc3n(c2c1)CCNCC3. The Morgan fingerprint density at radius 1 is 1.05 bits per heavy atom. The highest BCUT2D eigenvalue weighted by atomic mass is 16.3. The second-order valence-electron chi connectivity index (χ2n) is 5.99. The van der Waals surface area contributed by atoms with Gasteiger partial charge in [-0.25, -0.2) is 0 Å². The van der Waals surface area contributed by atoms with Crippen LogP contribution >= 0.6 is 0 Å². The number of para-hydroxylation sites is 1. The van der Waals surface area contributed by atoms with Gasteiger partial charge in [-0.05, 0) is 34.7 Å². The average molecular weight is 292 g/mol. The van der Waals surface area contributed by atoms with Gasteiger partial charge >= 0.3 is 0 Å². The van der Waals surface area contributed by atoms with Crippen LogP contribution in [0.5, 0.6) is 5.75 Å². The topological polar surface area (TPSA) is 37.2 Å². The monoisotopic (exact) mass is 292 g/mol. The van der Waals surface area contributed by atoms with Gasteiger partial charge in [0.25, 0.3) is 0 Å². The summed E-state index contributed by atoms with van der Waals surface area (Å²) in [5, 5.41) is 14.7. The van der Waals surface area contributed by atoms with Crippen molar-refractivity contribution in [1.29, 1.82) is 0 Å². The van der Waals surface area contributed by atoms with Crippen molar-refractivity contribution in [1.82, 2.24) is 9.88 Å². The molecule has 112 valence electrons. The number of nitrogens with one attached hydrogen (secondary N) is 1. The molecule has 1 aliphatic heterocycles. The van der Waals surface area contributed by atoms with Gasteiger partial charge in [0.15, 0.2) is 0 Å². The van der Waals surface area contributed by atoms with Crippen molar-refractivity contribution in [2.24, 2.45) is 0 Å². The van der Waals surface area contributed by atoms with Crippen molar-refractivity contribution in [2.45, 2.75) is 19.4 Å². The maximum Gasteiger partial charge on any atom is 0.119 e. The van der Waals surface area contributed by atoms with Crippen LogP contribution in [0, 0.1) is 0 Å². The first-order valence-corrected chi connectivity index (χ1v) is 7.90. The van der Waals surface area contributed by atoms with Gasteiger partial charge in [-0.3, -0.25) is 0 Å². The highest BCUT2D eigenvalue weighted by Crippen LogP contribution is 2.25. The number of benzene rings is 2. The molecular formula is C19H20N2O. The van der Waals surface area contributed by atoms with Crippen molar-refractivity contribution in [3.63, 3.8) is 0 Å². The second-order valence-corrected chi connectivity index (χ2v) is 5.99. The fraction of sp³-hybridized carbons (Fsp3) is 0.263. The van der Waals surface area contributed by atoms with Gasteiger partial charge in [-0.15, -0.1) is 0 Å². The molecule has 2 heterocycles. The molecule has 22 heavy (non-hydrogen) atoms. The minimum atomic E-state index is 0.376. The third-order valence-electron chi connectivity index (χ3n) is 4.51. The van der Waals surface area contributed by atoms with E-state index in [0.29, 0.717) is 5.75 Å². The zero-order valence-electron chi connectivity index (χ0n) is 12.5. The summed E-state index contributed by atoms with van der Waals surface area (Å²) in [5.41, 5.74) is 4.95. The lowest BCUT2D eigenvalue weighted by molar-refractivity contribution is 0.469. The molecule has 4 rings (SSSR count). The van der Waals surface area contributed by atoms with Crippen molar-refractivity contribution in [3.8, 4) is 5.75 Å². The molecule has 1 aromatic heterocycles. The number of hydrogen-bond acceptors (Lipinski definition) is 2. The van der Waals surface area contributed by atoms with E-state index in [2.05, 4.69) is 34.1 Å². The van der Waals surface area contributed by atoms with E-state index >= 15 is 0 Å². The second kappa shape index (κ2) is 5.50. The van der Waals surface area contributed by atoms with E-state index in [1.165, 1.54) is 22.2 Å². The van der Waals surface area contributed by atoms with Crippen LogP contribution in [0.3, 0.4) is 0 Å². The Balaban J connectivity index is 1.74. The molecule has 0 bridgehead atoms. The van der Waals surface area contributed by atoms with Crippen molar-refractivity contribution in [3.05, 3.63) is 65.4 Å². The van der Waals surface area contributed by atoms with Crippen LogP contribution in [-0.2, 0) is 19.4 Å². The van der Waals surface area contributed by atoms with Crippen LogP contribution in [0.15, 0.2) is 48.5 Å². The molecule has 3 heteroatoms. The summed E-state index contributed by atoms with van der Waals surface area (Å²) in [6.07, 6.45) is 1.85. The predicted molar refractivity (Wildman–Crippen MR) is 89.4 cm³/mol. The first kappa shape index (κ1) is 13.4. The van der Waals surface area contributed by atoms with E-state index in [1.807, 2.05) is 18.2 Å². The quantitative estimate of drug-likeness (QED) is 0.761. The van der Waals surface area contributed by atoms with E-state index in [9.17, 15) is 5.11 Å². The van der Waals surface area contributed by atoms with Crippen molar-refractivity contribution < 1.29 is 5.11 Å². The minimum Gasteiger partial charge on any atom is -0.508 e. The molecule has 0 saturated heterocycles. The van der Waals surface area contributed by atoms with Gasteiger partial charge in [0.1, 0.15) is 5.75 Å². The Morgan fingerprint density at radius 2 is 1.95 bits per heavy atom. The minimum absolute atomic E-state index is 0.376. The van der Waals surface area contributed by atoms with Gasteiger partial charge < -0.3 is 15.0 Å². The molecular weight excluding hydrogens is 272 g/mol. The number of aromatic hydroxyl groups is 1. The maximum absolute atomic E-state index is 9.96. The number of aromatic nitrogens is 1. The third kappa shape index (κ3) is 2.38. The predicted octanol–water partition coefficient (Wildman–Crippen LogP) is 3.08. The number of phenolic OH excluding ortho intramolecular Hbond substituents is 1. The van der Waals surface area contributed by atoms with Crippen LogP contribution in [0.2, 0.25) is 0 Å².